The molecular formula is C19H17N5O2. The third-order valence-electron chi connectivity index (χ3n) is 3.79. The van der Waals surface area contributed by atoms with Crippen molar-refractivity contribution in [2.75, 3.05) is 11.9 Å². The molecule has 7 nitrogen and oxygen atoms in total. The average Bonchev–Trinajstić information content (AvgIpc) is 3.08. The van der Waals surface area contributed by atoms with Gasteiger partial charge in [-0.05, 0) is 42.8 Å². The molecule has 26 heavy (non-hydrogen) atoms. The van der Waals surface area contributed by atoms with Crippen LogP contribution in [0.4, 0.5) is 5.69 Å². The van der Waals surface area contributed by atoms with E-state index in [2.05, 4.69) is 20.6 Å². The van der Waals surface area contributed by atoms with Crippen LogP contribution in [-0.4, -0.2) is 28.3 Å². The van der Waals surface area contributed by atoms with E-state index in [1.54, 1.807) is 24.3 Å². The predicted molar refractivity (Wildman–Crippen MR) is 97.2 cm³/mol. The van der Waals surface area contributed by atoms with Gasteiger partial charge in [0, 0.05) is 18.7 Å². The van der Waals surface area contributed by atoms with E-state index < -0.39 is 11.8 Å². The molecule has 3 aromatic rings. The van der Waals surface area contributed by atoms with Crippen molar-refractivity contribution in [2.24, 2.45) is 0 Å². The van der Waals surface area contributed by atoms with Crippen molar-refractivity contribution in [3.63, 3.8) is 0 Å². The van der Waals surface area contributed by atoms with Crippen molar-refractivity contribution in [3.05, 3.63) is 59.9 Å². The fraction of sp³-hybridized carbons (Fsp3) is 0.158. The summed E-state index contributed by atoms with van der Waals surface area (Å²) in [5, 5.41) is 13.8. The number of nitrogens with zero attached hydrogens (tertiary/aromatic N) is 2. The lowest BCUT2D eigenvalue weighted by Gasteiger charge is -2.06. The lowest BCUT2D eigenvalue weighted by Crippen LogP contribution is -2.36. The minimum atomic E-state index is -0.738. The normalized spacial score (nSPS) is 10.3. The fourth-order valence-electron chi connectivity index (χ4n) is 2.48. The molecule has 3 N–H and O–H groups in total. The Balaban J connectivity index is 1.42. The van der Waals surface area contributed by atoms with Gasteiger partial charge in [0.05, 0.1) is 22.7 Å². The number of amides is 2. The third-order valence-corrected chi connectivity index (χ3v) is 3.79. The van der Waals surface area contributed by atoms with Gasteiger partial charge in [0.2, 0.25) is 0 Å². The molecule has 0 saturated heterocycles. The average molecular weight is 347 g/mol. The maximum absolute atomic E-state index is 11.8. The van der Waals surface area contributed by atoms with Gasteiger partial charge in [-0.3, -0.25) is 9.59 Å². The Kier molecular flexibility index (Phi) is 5.25. The van der Waals surface area contributed by atoms with Gasteiger partial charge in [0.15, 0.2) is 0 Å². The summed E-state index contributed by atoms with van der Waals surface area (Å²) in [7, 11) is 0. The number of para-hydroxylation sites is 2. The Morgan fingerprint density at radius 3 is 2.58 bits per heavy atom. The minimum Gasteiger partial charge on any atom is -0.348 e. The monoisotopic (exact) mass is 347 g/mol. The Morgan fingerprint density at radius 1 is 1.08 bits per heavy atom. The number of carbonyl (C=O) groups excluding carboxylic acids is 2. The zero-order valence-corrected chi connectivity index (χ0v) is 14.0. The number of fused-ring (bicyclic) bond motifs is 1. The van der Waals surface area contributed by atoms with Crippen LogP contribution in [0.3, 0.4) is 0 Å². The van der Waals surface area contributed by atoms with Crippen LogP contribution in [0.5, 0.6) is 0 Å². The van der Waals surface area contributed by atoms with Crippen LogP contribution >= 0.6 is 0 Å². The van der Waals surface area contributed by atoms with E-state index in [-0.39, 0.29) is 0 Å². The van der Waals surface area contributed by atoms with Crippen LogP contribution in [0.25, 0.3) is 11.0 Å². The summed E-state index contributed by atoms with van der Waals surface area (Å²) in [5.74, 6) is -0.583. The number of hydrogen-bond acceptors (Lipinski definition) is 4. The molecule has 0 aliphatic carbocycles. The first-order valence-corrected chi connectivity index (χ1v) is 8.18. The minimum absolute atomic E-state index is 0.372. The lowest BCUT2D eigenvalue weighted by molar-refractivity contribution is -0.136. The number of aryl methyl sites for hydroxylation is 1. The number of rotatable bonds is 5. The summed E-state index contributed by atoms with van der Waals surface area (Å²) in [5.41, 5.74) is 2.84. The molecule has 7 heteroatoms. The molecule has 1 heterocycles. The zero-order chi connectivity index (χ0) is 18.4. The molecule has 0 spiro atoms. The number of imidazole rings is 1. The molecule has 3 rings (SSSR count). The maximum Gasteiger partial charge on any atom is 0.313 e. The Morgan fingerprint density at radius 2 is 1.85 bits per heavy atom. The van der Waals surface area contributed by atoms with E-state index in [0.29, 0.717) is 30.6 Å². The first-order chi connectivity index (χ1) is 12.7. The number of aromatic nitrogens is 2. The van der Waals surface area contributed by atoms with Crippen LogP contribution in [0.2, 0.25) is 0 Å². The zero-order valence-electron chi connectivity index (χ0n) is 14.0. The largest absolute Gasteiger partial charge is 0.348 e. The summed E-state index contributed by atoms with van der Waals surface area (Å²) in [6, 6.07) is 16.0. The second kappa shape index (κ2) is 7.94. The summed E-state index contributed by atoms with van der Waals surface area (Å²) >= 11 is 0. The van der Waals surface area contributed by atoms with Crippen LogP contribution < -0.4 is 10.6 Å². The number of benzene rings is 2. The van der Waals surface area contributed by atoms with Crippen LogP contribution in [0, 0.1) is 11.3 Å². The molecule has 0 unspecified atom stereocenters. The van der Waals surface area contributed by atoms with E-state index in [9.17, 15) is 9.59 Å². The van der Waals surface area contributed by atoms with E-state index >= 15 is 0 Å². The SMILES string of the molecule is N#Cc1ccc(NC(=O)C(=O)NCCCc2nc3ccccc3[nH]2)cc1. The molecule has 0 aliphatic rings. The van der Waals surface area contributed by atoms with Gasteiger partial charge < -0.3 is 15.6 Å². The topological polar surface area (TPSA) is 111 Å². The highest BCUT2D eigenvalue weighted by atomic mass is 16.2. The van der Waals surface area contributed by atoms with E-state index in [4.69, 9.17) is 5.26 Å². The van der Waals surface area contributed by atoms with Gasteiger partial charge in [-0.25, -0.2) is 4.98 Å². The number of nitriles is 1. The van der Waals surface area contributed by atoms with Crippen molar-refractivity contribution >= 4 is 28.5 Å². The smallest absolute Gasteiger partial charge is 0.313 e. The number of H-pyrrole nitrogens is 1. The molecule has 1 aromatic heterocycles. The highest BCUT2D eigenvalue weighted by Gasteiger charge is 2.13. The van der Waals surface area contributed by atoms with Crippen molar-refractivity contribution < 1.29 is 9.59 Å². The number of aromatic amines is 1. The van der Waals surface area contributed by atoms with Crippen molar-refractivity contribution in [1.29, 1.82) is 5.26 Å². The number of anilines is 1. The molecule has 0 saturated carbocycles. The number of nitrogens with one attached hydrogen (secondary N) is 3. The van der Waals surface area contributed by atoms with Crippen LogP contribution in [0.15, 0.2) is 48.5 Å². The molecule has 0 radical (unpaired) electrons. The molecule has 0 atom stereocenters. The van der Waals surface area contributed by atoms with Gasteiger partial charge in [-0.15, -0.1) is 0 Å². The first-order valence-electron chi connectivity index (χ1n) is 8.18. The van der Waals surface area contributed by atoms with E-state index in [1.807, 2.05) is 30.3 Å². The molecule has 0 aliphatic heterocycles. The quantitative estimate of drug-likeness (QED) is 0.485. The third kappa shape index (κ3) is 4.24. The standard InChI is InChI=1S/C19H17N5O2/c20-12-13-7-9-14(10-8-13)22-19(26)18(25)21-11-3-6-17-23-15-4-1-2-5-16(15)24-17/h1-2,4-5,7-10H,3,6,11H2,(H,21,25)(H,22,26)(H,23,24). The molecular weight excluding hydrogens is 330 g/mol. The highest BCUT2D eigenvalue weighted by molar-refractivity contribution is 6.39. The molecule has 0 bridgehead atoms. The van der Waals surface area contributed by atoms with E-state index in [1.165, 1.54) is 0 Å². The Labute approximate surface area is 150 Å². The van der Waals surface area contributed by atoms with Crippen molar-refractivity contribution in [1.82, 2.24) is 15.3 Å². The summed E-state index contributed by atoms with van der Waals surface area (Å²) in [4.78, 5) is 31.4. The van der Waals surface area contributed by atoms with Gasteiger partial charge in [-0.1, -0.05) is 12.1 Å². The van der Waals surface area contributed by atoms with Crippen molar-refractivity contribution in [2.45, 2.75) is 12.8 Å². The van der Waals surface area contributed by atoms with Crippen LogP contribution in [-0.2, 0) is 16.0 Å². The van der Waals surface area contributed by atoms with Gasteiger partial charge in [-0.2, -0.15) is 5.26 Å². The predicted octanol–water partition coefficient (Wildman–Crippen LogP) is 2.12. The fourth-order valence-corrected chi connectivity index (χ4v) is 2.48. The Hall–Kier alpha value is -3.66. The van der Waals surface area contributed by atoms with Crippen LogP contribution in [0.1, 0.15) is 17.8 Å². The van der Waals surface area contributed by atoms with Crippen molar-refractivity contribution in [3.8, 4) is 6.07 Å². The maximum atomic E-state index is 11.8. The molecule has 0 fully saturated rings. The summed E-state index contributed by atoms with van der Waals surface area (Å²) < 4.78 is 0. The van der Waals surface area contributed by atoms with Gasteiger partial charge in [0.25, 0.3) is 0 Å². The lowest BCUT2D eigenvalue weighted by atomic mass is 10.2. The van der Waals surface area contributed by atoms with Gasteiger partial charge >= 0.3 is 11.8 Å². The Bertz CT molecular complexity index is 937. The number of hydrogen-bond donors (Lipinski definition) is 3. The highest BCUT2D eigenvalue weighted by Crippen LogP contribution is 2.11. The molecule has 2 amide bonds. The summed E-state index contributed by atoms with van der Waals surface area (Å²) in [6.07, 6.45) is 1.34. The first kappa shape index (κ1) is 17.2. The second-order valence-corrected chi connectivity index (χ2v) is 5.70. The second-order valence-electron chi connectivity index (χ2n) is 5.70. The number of carbonyl (C=O) groups is 2. The molecule has 130 valence electrons. The molecule has 2 aromatic carbocycles. The van der Waals surface area contributed by atoms with Gasteiger partial charge in [0.1, 0.15) is 5.82 Å². The van der Waals surface area contributed by atoms with E-state index in [0.717, 1.165) is 16.9 Å². The summed E-state index contributed by atoms with van der Waals surface area (Å²) in [6.45, 7) is 0.372.